The number of alkyl carbamates (subject to hydrolysis) is 1. The van der Waals surface area contributed by atoms with Crippen LogP contribution >= 0.6 is 0 Å². The van der Waals surface area contributed by atoms with E-state index in [0.717, 1.165) is 32.5 Å². The van der Waals surface area contributed by atoms with Crippen LogP contribution in [0.4, 0.5) is 4.79 Å². The van der Waals surface area contributed by atoms with E-state index < -0.39 is 17.7 Å². The highest BCUT2D eigenvalue weighted by Crippen LogP contribution is 2.38. The molecule has 3 unspecified atom stereocenters. The van der Waals surface area contributed by atoms with E-state index in [9.17, 15) is 9.59 Å². The predicted molar refractivity (Wildman–Crippen MR) is 122 cm³/mol. The van der Waals surface area contributed by atoms with Crippen molar-refractivity contribution in [3.05, 3.63) is 35.9 Å². The minimum absolute atomic E-state index is 0.0910. The number of carbonyl (C=O) groups is 2. The second-order valence-corrected chi connectivity index (χ2v) is 10.6. The minimum Gasteiger partial charge on any atom is -0.444 e. The SMILES string of the molecule is CC(C)CC(NC(=O)OC(C)(C)C)C(=O)NC1CC[C@H]2CN(Cc3ccccc3)CC12. The van der Waals surface area contributed by atoms with E-state index in [2.05, 4.69) is 53.6 Å². The molecule has 6 nitrogen and oxygen atoms in total. The third kappa shape index (κ3) is 6.96. The van der Waals surface area contributed by atoms with Crippen molar-refractivity contribution in [1.82, 2.24) is 15.5 Å². The Morgan fingerprint density at radius 1 is 1.13 bits per heavy atom. The van der Waals surface area contributed by atoms with Gasteiger partial charge in [-0.05, 0) is 63.4 Å². The molecule has 1 heterocycles. The maximum atomic E-state index is 13.1. The van der Waals surface area contributed by atoms with E-state index >= 15 is 0 Å². The number of benzene rings is 1. The van der Waals surface area contributed by atoms with Crippen molar-refractivity contribution in [2.45, 2.75) is 78.1 Å². The van der Waals surface area contributed by atoms with E-state index in [4.69, 9.17) is 4.74 Å². The molecule has 172 valence electrons. The van der Waals surface area contributed by atoms with Gasteiger partial charge < -0.3 is 15.4 Å². The molecule has 2 N–H and O–H groups in total. The lowest BCUT2D eigenvalue weighted by Crippen LogP contribution is -2.52. The largest absolute Gasteiger partial charge is 0.444 e. The Balaban J connectivity index is 1.56. The molecular weight excluding hydrogens is 390 g/mol. The van der Waals surface area contributed by atoms with Crippen molar-refractivity contribution < 1.29 is 14.3 Å². The van der Waals surface area contributed by atoms with Gasteiger partial charge in [-0.25, -0.2) is 4.79 Å². The Labute approximate surface area is 187 Å². The molecule has 0 aromatic heterocycles. The fourth-order valence-electron chi connectivity index (χ4n) is 4.94. The molecular formula is C25H39N3O3. The highest BCUT2D eigenvalue weighted by molar-refractivity contribution is 5.86. The molecule has 2 amide bonds. The number of hydrogen-bond donors (Lipinski definition) is 2. The lowest BCUT2D eigenvalue weighted by atomic mass is 9.97. The molecule has 1 saturated carbocycles. The number of rotatable bonds is 7. The van der Waals surface area contributed by atoms with E-state index in [1.54, 1.807) is 0 Å². The molecule has 1 aromatic carbocycles. The van der Waals surface area contributed by atoms with Crippen molar-refractivity contribution in [2.75, 3.05) is 13.1 Å². The first-order valence-corrected chi connectivity index (χ1v) is 11.7. The van der Waals surface area contributed by atoms with E-state index in [0.29, 0.717) is 18.3 Å². The number of amides is 2. The molecule has 4 atom stereocenters. The topological polar surface area (TPSA) is 70.7 Å². The van der Waals surface area contributed by atoms with E-state index in [1.807, 2.05) is 26.8 Å². The number of carbonyl (C=O) groups excluding carboxylic acids is 2. The molecule has 0 radical (unpaired) electrons. The second kappa shape index (κ2) is 10.0. The minimum atomic E-state index is -0.590. The Morgan fingerprint density at radius 2 is 1.84 bits per heavy atom. The summed E-state index contributed by atoms with van der Waals surface area (Å²) in [5.74, 6) is 1.31. The highest BCUT2D eigenvalue weighted by Gasteiger charge is 2.43. The lowest BCUT2D eigenvalue weighted by molar-refractivity contribution is -0.124. The van der Waals surface area contributed by atoms with Crippen LogP contribution in [0.15, 0.2) is 30.3 Å². The van der Waals surface area contributed by atoms with Gasteiger partial charge in [0.15, 0.2) is 0 Å². The Bertz CT molecular complexity index is 744. The van der Waals surface area contributed by atoms with Crippen LogP contribution in [0.2, 0.25) is 0 Å². The molecule has 6 heteroatoms. The standard InChI is InChI=1S/C25H39N3O3/c1-17(2)13-22(27-24(30)31-25(3,4)5)23(29)26-21-12-11-19-15-28(16-20(19)21)14-18-9-7-6-8-10-18/h6-10,17,19-22H,11-16H2,1-5H3,(H,26,29)(H,27,30)/t19-,20?,21?,22?/m0/s1. The molecule has 0 spiro atoms. The van der Waals surface area contributed by atoms with Crippen LogP contribution in [0, 0.1) is 17.8 Å². The molecule has 2 fully saturated rings. The normalized spacial score (nSPS) is 24.6. The van der Waals surface area contributed by atoms with Gasteiger partial charge in [0, 0.05) is 25.7 Å². The number of likely N-dealkylation sites (tertiary alicyclic amines) is 1. The molecule has 31 heavy (non-hydrogen) atoms. The van der Waals surface area contributed by atoms with Crippen LogP contribution in [0.5, 0.6) is 0 Å². The third-order valence-corrected chi connectivity index (χ3v) is 6.22. The van der Waals surface area contributed by atoms with E-state index in [-0.39, 0.29) is 17.9 Å². The summed E-state index contributed by atoms with van der Waals surface area (Å²) in [6.07, 6.45) is 2.22. The van der Waals surface area contributed by atoms with Gasteiger partial charge in [0.1, 0.15) is 11.6 Å². The molecule has 3 rings (SSSR count). The van der Waals surface area contributed by atoms with Crippen molar-refractivity contribution in [2.24, 2.45) is 17.8 Å². The zero-order valence-corrected chi connectivity index (χ0v) is 19.7. The zero-order chi connectivity index (χ0) is 22.6. The number of fused-ring (bicyclic) bond motifs is 1. The van der Waals surface area contributed by atoms with Crippen molar-refractivity contribution in [3.8, 4) is 0 Å². The quantitative estimate of drug-likeness (QED) is 0.688. The maximum absolute atomic E-state index is 13.1. The highest BCUT2D eigenvalue weighted by atomic mass is 16.6. The smallest absolute Gasteiger partial charge is 0.408 e. The van der Waals surface area contributed by atoms with Gasteiger partial charge in [0.05, 0.1) is 0 Å². The Morgan fingerprint density at radius 3 is 2.48 bits per heavy atom. The third-order valence-electron chi connectivity index (χ3n) is 6.22. The van der Waals surface area contributed by atoms with Gasteiger partial charge in [-0.1, -0.05) is 44.2 Å². The first kappa shape index (κ1) is 23.6. The van der Waals surface area contributed by atoms with Gasteiger partial charge in [-0.3, -0.25) is 9.69 Å². The van der Waals surface area contributed by atoms with Crippen molar-refractivity contribution in [1.29, 1.82) is 0 Å². The molecule has 1 aromatic rings. The summed E-state index contributed by atoms with van der Waals surface area (Å²) in [6.45, 7) is 12.7. The van der Waals surface area contributed by atoms with Crippen LogP contribution in [0.25, 0.3) is 0 Å². The fraction of sp³-hybridized carbons (Fsp3) is 0.680. The van der Waals surface area contributed by atoms with Crippen LogP contribution < -0.4 is 10.6 Å². The first-order valence-electron chi connectivity index (χ1n) is 11.7. The molecule has 1 aliphatic carbocycles. The number of hydrogen-bond acceptors (Lipinski definition) is 4. The summed E-state index contributed by atoms with van der Waals surface area (Å²) in [7, 11) is 0. The molecule has 1 aliphatic heterocycles. The summed E-state index contributed by atoms with van der Waals surface area (Å²) < 4.78 is 5.37. The van der Waals surface area contributed by atoms with Gasteiger partial charge in [-0.15, -0.1) is 0 Å². The van der Waals surface area contributed by atoms with E-state index in [1.165, 1.54) is 5.56 Å². The van der Waals surface area contributed by atoms with Crippen LogP contribution in [-0.2, 0) is 16.1 Å². The van der Waals surface area contributed by atoms with Gasteiger partial charge in [0.25, 0.3) is 0 Å². The predicted octanol–water partition coefficient (Wildman–Crippen LogP) is 3.95. The molecule has 1 saturated heterocycles. The van der Waals surface area contributed by atoms with Gasteiger partial charge >= 0.3 is 6.09 Å². The Kier molecular flexibility index (Phi) is 7.63. The zero-order valence-electron chi connectivity index (χ0n) is 19.7. The van der Waals surface area contributed by atoms with Crippen molar-refractivity contribution >= 4 is 12.0 Å². The first-order chi connectivity index (χ1) is 14.6. The van der Waals surface area contributed by atoms with Crippen LogP contribution in [0.3, 0.4) is 0 Å². The average Bonchev–Trinajstić information content (AvgIpc) is 3.21. The summed E-state index contributed by atoms with van der Waals surface area (Å²) in [6, 6.07) is 10.2. The number of ether oxygens (including phenoxy) is 1. The maximum Gasteiger partial charge on any atom is 0.408 e. The summed E-state index contributed by atoms with van der Waals surface area (Å²) in [5, 5.41) is 6.07. The molecule has 0 bridgehead atoms. The second-order valence-electron chi connectivity index (χ2n) is 10.6. The lowest BCUT2D eigenvalue weighted by Gasteiger charge is -2.27. The molecule has 2 aliphatic rings. The fourth-order valence-corrected chi connectivity index (χ4v) is 4.94. The van der Waals surface area contributed by atoms with Crippen LogP contribution in [-0.4, -0.2) is 47.7 Å². The number of nitrogens with zero attached hydrogens (tertiary/aromatic N) is 1. The van der Waals surface area contributed by atoms with Crippen molar-refractivity contribution in [3.63, 3.8) is 0 Å². The average molecular weight is 430 g/mol. The number of nitrogens with one attached hydrogen (secondary N) is 2. The monoisotopic (exact) mass is 429 g/mol. The van der Waals surface area contributed by atoms with Gasteiger partial charge in [0.2, 0.25) is 5.91 Å². The summed E-state index contributed by atoms with van der Waals surface area (Å²) >= 11 is 0. The van der Waals surface area contributed by atoms with Crippen LogP contribution in [0.1, 0.15) is 59.4 Å². The summed E-state index contributed by atoms with van der Waals surface area (Å²) in [5.41, 5.74) is 0.745. The van der Waals surface area contributed by atoms with Gasteiger partial charge in [-0.2, -0.15) is 0 Å². The Hall–Kier alpha value is -2.08. The summed E-state index contributed by atoms with van der Waals surface area (Å²) in [4.78, 5) is 27.9.